The highest BCUT2D eigenvalue weighted by atomic mass is 16.5. The van der Waals surface area contributed by atoms with E-state index in [0.717, 1.165) is 61.2 Å². The molecule has 3 aromatic rings. The largest absolute Gasteiger partial charge is 0.497 e. The van der Waals surface area contributed by atoms with Crippen molar-refractivity contribution in [1.29, 1.82) is 0 Å². The molecule has 2 bridgehead atoms. The summed E-state index contributed by atoms with van der Waals surface area (Å²) in [7, 11) is 1.70. The number of nitrogens with zero attached hydrogens (tertiary/aromatic N) is 6. The summed E-state index contributed by atoms with van der Waals surface area (Å²) in [6.07, 6.45) is 10.2. The topological polar surface area (TPSA) is 85.6 Å². The number of piperidine rings is 3. The number of fused-ring (bicyclic) bond motifs is 4. The van der Waals surface area contributed by atoms with Gasteiger partial charge in [-0.1, -0.05) is 11.3 Å². The number of likely N-dealkylation sites (tertiary alicyclic amines) is 1. The van der Waals surface area contributed by atoms with E-state index in [1.54, 1.807) is 7.11 Å². The maximum atomic E-state index is 12.5. The molecule has 9 heteroatoms. The Morgan fingerprint density at radius 2 is 2.15 bits per heavy atom. The molecule has 4 aliphatic rings. The fourth-order valence-electron chi connectivity index (χ4n) is 7.01. The number of methoxy groups -OCH3 is 1. The molecule has 0 aliphatic carbocycles. The minimum Gasteiger partial charge on any atom is -0.497 e. The zero-order chi connectivity index (χ0) is 26.9. The van der Waals surface area contributed by atoms with Crippen LogP contribution in [0.3, 0.4) is 0 Å². The first kappa shape index (κ1) is 26.0. The van der Waals surface area contributed by atoms with E-state index in [-0.39, 0.29) is 24.1 Å². The second kappa shape index (κ2) is 11.1. The summed E-state index contributed by atoms with van der Waals surface area (Å²) in [5, 5.41) is 10.4. The predicted octanol–water partition coefficient (Wildman–Crippen LogP) is 3.85. The second-order valence-corrected chi connectivity index (χ2v) is 11.0. The molecule has 39 heavy (non-hydrogen) atoms. The standard InChI is InChI=1S/C30H38N6O3/c1-4-20-17-35-14-11-21(20)15-28(35)29(24-10-12-31-26-9-8-23(38-3)16-25(24)26)36-19-22(32-33-36)18-34-13-6-7-27(34)30(37)39-5-2/h4,8-10,12,16,19-21,27-29H,1,5-7,11,13-15,17-18H2,2-3H3/t20-,21-,27?,28+,29+/m0/s1. The molecular weight excluding hydrogens is 492 g/mol. The summed E-state index contributed by atoms with van der Waals surface area (Å²) >= 11 is 0. The van der Waals surface area contributed by atoms with Gasteiger partial charge in [-0.3, -0.25) is 19.6 Å². The third kappa shape index (κ3) is 4.94. The number of benzene rings is 1. The molecular formula is C30H38N6O3. The summed E-state index contributed by atoms with van der Waals surface area (Å²) in [5.41, 5.74) is 2.98. The molecule has 0 saturated carbocycles. The van der Waals surface area contributed by atoms with Crippen molar-refractivity contribution in [2.24, 2.45) is 11.8 Å². The summed E-state index contributed by atoms with van der Waals surface area (Å²) in [4.78, 5) is 22.0. The minimum absolute atomic E-state index is 0.0307. The smallest absolute Gasteiger partial charge is 0.323 e. The molecule has 1 aromatic carbocycles. The number of hydrogen-bond acceptors (Lipinski definition) is 8. The Kier molecular flexibility index (Phi) is 7.36. The van der Waals surface area contributed by atoms with Gasteiger partial charge in [0.1, 0.15) is 11.8 Å². The third-order valence-corrected chi connectivity index (χ3v) is 8.95. The van der Waals surface area contributed by atoms with Gasteiger partial charge in [-0.25, -0.2) is 4.68 Å². The Morgan fingerprint density at radius 1 is 1.26 bits per heavy atom. The monoisotopic (exact) mass is 530 g/mol. The van der Waals surface area contributed by atoms with Gasteiger partial charge in [-0.2, -0.15) is 0 Å². The average molecular weight is 531 g/mol. The third-order valence-electron chi connectivity index (χ3n) is 8.95. The Hall–Kier alpha value is -3.30. The molecule has 9 nitrogen and oxygen atoms in total. The number of carbonyl (C=O) groups is 1. The highest BCUT2D eigenvalue weighted by Crippen LogP contribution is 2.43. The number of aromatic nitrogens is 4. The first-order chi connectivity index (χ1) is 19.1. The van der Waals surface area contributed by atoms with E-state index in [4.69, 9.17) is 14.7 Å². The minimum atomic E-state index is -0.210. The molecule has 0 radical (unpaired) electrons. The number of esters is 1. The van der Waals surface area contributed by atoms with Gasteiger partial charge < -0.3 is 9.47 Å². The molecule has 0 amide bonds. The molecule has 4 aliphatic heterocycles. The Balaban J connectivity index is 1.36. The lowest BCUT2D eigenvalue weighted by molar-refractivity contribution is -0.148. The van der Waals surface area contributed by atoms with Crippen molar-refractivity contribution >= 4 is 16.9 Å². The normalized spacial score (nSPS) is 27.5. The Morgan fingerprint density at radius 3 is 2.92 bits per heavy atom. The summed E-state index contributed by atoms with van der Waals surface area (Å²) < 4.78 is 13.0. The number of hydrogen-bond donors (Lipinski definition) is 0. The number of carbonyl (C=O) groups excluding carboxylic acids is 1. The molecule has 0 N–H and O–H groups in total. The molecule has 4 fully saturated rings. The molecule has 6 heterocycles. The van der Waals surface area contributed by atoms with Gasteiger partial charge in [0.2, 0.25) is 0 Å². The van der Waals surface area contributed by atoms with Crippen LogP contribution < -0.4 is 4.74 Å². The van der Waals surface area contributed by atoms with Gasteiger partial charge in [0.05, 0.1) is 37.2 Å². The molecule has 7 rings (SSSR count). The SMILES string of the molecule is C=C[C@H]1CN2CC[C@H]1C[C@@H]2[C@@H](c1ccnc2ccc(OC)cc12)n1cc(CN2CCCC2C(=O)OCC)nn1. The van der Waals surface area contributed by atoms with Crippen LogP contribution in [0.15, 0.2) is 49.3 Å². The van der Waals surface area contributed by atoms with Crippen LogP contribution in [0.4, 0.5) is 0 Å². The van der Waals surface area contributed by atoms with Crippen LogP contribution in [0.2, 0.25) is 0 Å². The van der Waals surface area contributed by atoms with E-state index >= 15 is 0 Å². The molecule has 206 valence electrons. The Labute approximate surface area is 229 Å². The van der Waals surface area contributed by atoms with Crippen molar-refractivity contribution in [3.63, 3.8) is 0 Å². The first-order valence-electron chi connectivity index (χ1n) is 14.2. The average Bonchev–Trinajstić information content (AvgIpc) is 3.63. The molecule has 6 atom stereocenters. The number of ether oxygens (including phenoxy) is 2. The predicted molar refractivity (Wildman–Crippen MR) is 148 cm³/mol. The van der Waals surface area contributed by atoms with Gasteiger partial charge >= 0.3 is 5.97 Å². The van der Waals surface area contributed by atoms with E-state index in [0.29, 0.717) is 25.0 Å². The number of pyridine rings is 1. The van der Waals surface area contributed by atoms with Gasteiger partial charge in [0, 0.05) is 30.7 Å². The fraction of sp³-hybridized carbons (Fsp3) is 0.533. The summed E-state index contributed by atoms with van der Waals surface area (Å²) in [6.45, 7) is 9.92. The summed E-state index contributed by atoms with van der Waals surface area (Å²) in [6, 6.07) is 8.23. The maximum Gasteiger partial charge on any atom is 0.323 e. The zero-order valence-electron chi connectivity index (χ0n) is 22.9. The fourth-order valence-corrected chi connectivity index (χ4v) is 7.01. The zero-order valence-corrected chi connectivity index (χ0v) is 22.9. The number of rotatable bonds is 9. The molecule has 2 unspecified atom stereocenters. The van der Waals surface area contributed by atoms with Crippen LogP contribution >= 0.6 is 0 Å². The van der Waals surface area contributed by atoms with Crippen molar-refractivity contribution in [3.05, 3.63) is 60.6 Å². The van der Waals surface area contributed by atoms with E-state index in [1.165, 1.54) is 12.0 Å². The molecule has 0 spiro atoms. The van der Waals surface area contributed by atoms with Gasteiger partial charge in [-0.05, 0) is 87.4 Å². The lowest BCUT2D eigenvalue weighted by atomic mass is 9.73. The van der Waals surface area contributed by atoms with Crippen LogP contribution in [0.5, 0.6) is 5.75 Å². The van der Waals surface area contributed by atoms with Crippen molar-refractivity contribution in [2.45, 2.75) is 57.3 Å². The van der Waals surface area contributed by atoms with Crippen LogP contribution in [0, 0.1) is 11.8 Å². The lowest BCUT2D eigenvalue weighted by Crippen LogP contribution is -2.56. The highest BCUT2D eigenvalue weighted by Gasteiger charge is 2.44. The Bertz CT molecular complexity index is 1340. The highest BCUT2D eigenvalue weighted by molar-refractivity contribution is 5.84. The van der Waals surface area contributed by atoms with Crippen molar-refractivity contribution < 1.29 is 14.3 Å². The maximum absolute atomic E-state index is 12.5. The van der Waals surface area contributed by atoms with E-state index in [2.05, 4.69) is 50.9 Å². The van der Waals surface area contributed by atoms with E-state index in [9.17, 15) is 4.79 Å². The lowest BCUT2D eigenvalue weighted by Gasteiger charge is -2.51. The van der Waals surface area contributed by atoms with Crippen molar-refractivity contribution in [1.82, 2.24) is 29.8 Å². The van der Waals surface area contributed by atoms with Gasteiger partial charge in [0.25, 0.3) is 0 Å². The van der Waals surface area contributed by atoms with Gasteiger partial charge in [0.15, 0.2) is 0 Å². The van der Waals surface area contributed by atoms with Crippen LogP contribution in [0.1, 0.15) is 49.9 Å². The molecule has 2 aromatic heterocycles. The summed E-state index contributed by atoms with van der Waals surface area (Å²) in [5.74, 6) is 1.83. The van der Waals surface area contributed by atoms with Crippen LogP contribution in [-0.2, 0) is 16.1 Å². The van der Waals surface area contributed by atoms with Gasteiger partial charge in [-0.15, -0.1) is 11.7 Å². The second-order valence-electron chi connectivity index (χ2n) is 11.0. The van der Waals surface area contributed by atoms with E-state index in [1.807, 2.05) is 29.9 Å². The molecule has 4 saturated heterocycles. The first-order valence-corrected chi connectivity index (χ1v) is 14.2. The van der Waals surface area contributed by atoms with Crippen LogP contribution in [-0.4, -0.2) is 81.2 Å². The van der Waals surface area contributed by atoms with E-state index < -0.39 is 0 Å². The van der Waals surface area contributed by atoms with Crippen molar-refractivity contribution in [3.8, 4) is 5.75 Å². The van der Waals surface area contributed by atoms with Crippen molar-refractivity contribution in [2.75, 3.05) is 33.4 Å². The quantitative estimate of drug-likeness (QED) is 0.305. The van der Waals surface area contributed by atoms with Crippen LogP contribution in [0.25, 0.3) is 10.9 Å².